The number of rotatable bonds is 9. The molecule has 14 nitrogen and oxygen atoms in total. The van der Waals surface area contributed by atoms with E-state index in [4.69, 9.17) is 5.73 Å². The number of hydrogen-bond acceptors (Lipinski definition) is 8. The van der Waals surface area contributed by atoms with Crippen molar-refractivity contribution >= 4 is 56.2 Å². The molecule has 0 aliphatic heterocycles. The second kappa shape index (κ2) is 21.4. The van der Waals surface area contributed by atoms with Crippen molar-refractivity contribution in [3.63, 3.8) is 0 Å². The first-order valence-electron chi connectivity index (χ1n) is 19.9. The van der Waals surface area contributed by atoms with Gasteiger partial charge in [-0.3, -0.25) is 19.2 Å². The van der Waals surface area contributed by atoms with Gasteiger partial charge in [0.15, 0.2) is 0 Å². The molecule has 8 rings (SSSR count). The topological polar surface area (TPSA) is 217 Å². The van der Waals surface area contributed by atoms with Gasteiger partial charge in [-0.2, -0.15) is 36.5 Å². The molecule has 4 aromatic carbocycles. The van der Waals surface area contributed by atoms with Crippen LogP contribution in [-0.2, 0) is 27.3 Å². The number of nitrogens with two attached hydrogens (primary N) is 2. The molecule has 4 heterocycles. The van der Waals surface area contributed by atoms with E-state index in [-0.39, 0.29) is 53.4 Å². The smallest absolute Gasteiger partial charge is 1.00 e. The Bertz CT molecular complexity index is 3330. The summed E-state index contributed by atoms with van der Waals surface area (Å²) < 4.78 is 115. The number of aromatic nitrogens is 6. The summed E-state index contributed by atoms with van der Waals surface area (Å²) in [5.41, 5.74) is 1.43. The Morgan fingerprint density at radius 2 is 1.07 bits per heavy atom. The quantitative estimate of drug-likeness (QED) is 0.0617. The summed E-state index contributed by atoms with van der Waals surface area (Å²) in [6.07, 6.45) is -5.93. The Labute approximate surface area is 427 Å². The molecular weight excluding hydrogens is 1060 g/mol. The molecule has 0 saturated carbocycles. The number of hydrogen-bond donors (Lipinski definition) is 5. The molecular formula is C46H38F8IN8NaO6. The van der Waals surface area contributed by atoms with Gasteiger partial charge in [-0.15, -0.1) is 0 Å². The summed E-state index contributed by atoms with van der Waals surface area (Å²) in [5.74, 6) is -2.07. The zero-order valence-electron chi connectivity index (χ0n) is 37.8. The second-order valence-electron chi connectivity index (χ2n) is 15.3. The average Bonchev–Trinajstić information content (AvgIpc) is 3.92. The van der Waals surface area contributed by atoms with E-state index in [0.717, 1.165) is 47.3 Å². The van der Waals surface area contributed by atoms with Crippen molar-refractivity contribution in [2.45, 2.75) is 43.9 Å². The molecule has 0 fully saturated rings. The molecule has 0 aliphatic carbocycles. The number of aromatic amines is 1. The zero-order valence-corrected chi connectivity index (χ0v) is 40.9. The summed E-state index contributed by atoms with van der Waals surface area (Å²) >= 11 is 1.90. The molecule has 0 radical (unpaired) electrons. The number of alkyl halides is 7. The van der Waals surface area contributed by atoms with Gasteiger partial charge in [0, 0.05) is 45.4 Å². The fraction of sp³-hybridized carbons (Fsp3) is 0.174. The van der Waals surface area contributed by atoms with Crippen molar-refractivity contribution in [3.05, 3.63) is 188 Å². The number of benzene rings is 4. The largest absolute Gasteiger partial charge is 1.00 e. The molecule has 2 amide bonds. The molecule has 2 unspecified atom stereocenters. The molecule has 2 atom stereocenters. The van der Waals surface area contributed by atoms with Crippen molar-refractivity contribution < 1.29 is 85.9 Å². The van der Waals surface area contributed by atoms with Crippen LogP contribution in [0.2, 0.25) is 0 Å². The predicted octanol–water partition coefficient (Wildman–Crippen LogP) is 3.90. The Morgan fingerprint density at radius 3 is 1.46 bits per heavy atom. The summed E-state index contributed by atoms with van der Waals surface area (Å²) in [6, 6.07) is 20.1. The number of pyridine rings is 2. The van der Waals surface area contributed by atoms with Crippen molar-refractivity contribution in [1.29, 1.82) is 0 Å². The normalized spacial score (nSPS) is 13.2. The van der Waals surface area contributed by atoms with Gasteiger partial charge in [-0.05, 0) is 110 Å². The van der Waals surface area contributed by atoms with Crippen molar-refractivity contribution in [3.8, 4) is 11.4 Å². The molecule has 362 valence electrons. The summed E-state index contributed by atoms with van der Waals surface area (Å²) in [6.45, 7) is 1.98. The Hall–Kier alpha value is -6.25. The van der Waals surface area contributed by atoms with E-state index in [0.29, 0.717) is 32.2 Å². The van der Waals surface area contributed by atoms with Crippen LogP contribution in [0.3, 0.4) is 0 Å². The molecule has 0 spiro atoms. The Balaban J connectivity index is 0.000000276. The summed E-state index contributed by atoms with van der Waals surface area (Å²) in [5, 5.41) is 30.8. The number of nitrogens with one attached hydrogen (secondary N) is 1. The number of nitrogens with zero attached hydrogens (tertiary/aromatic N) is 5. The van der Waals surface area contributed by atoms with Crippen LogP contribution in [0.1, 0.15) is 34.8 Å². The van der Waals surface area contributed by atoms with Crippen LogP contribution in [0, 0.1) is 25.5 Å². The van der Waals surface area contributed by atoms with Crippen LogP contribution in [-0.4, -0.2) is 67.9 Å². The number of carbonyl (C=O) groups excluding carboxylic acids is 2. The van der Waals surface area contributed by atoms with Gasteiger partial charge in [-0.1, -0.05) is 34.7 Å². The van der Waals surface area contributed by atoms with E-state index in [1.807, 2.05) is 22.6 Å². The summed E-state index contributed by atoms with van der Waals surface area (Å²) in [7, 11) is 0. The van der Waals surface area contributed by atoms with Gasteiger partial charge < -0.3 is 32.7 Å². The predicted molar refractivity (Wildman–Crippen MR) is 246 cm³/mol. The van der Waals surface area contributed by atoms with E-state index in [2.05, 4.69) is 20.9 Å². The zero-order chi connectivity index (χ0) is 50.8. The fourth-order valence-electron chi connectivity index (χ4n) is 7.16. The minimum atomic E-state index is -5.19. The minimum Gasteiger partial charge on any atom is -1.00 e. The van der Waals surface area contributed by atoms with Crippen LogP contribution >= 0.6 is 22.6 Å². The van der Waals surface area contributed by atoms with Crippen molar-refractivity contribution in [1.82, 2.24) is 29.1 Å². The number of carbonyl (C=O) groups is 2. The fourth-order valence-corrected chi connectivity index (χ4v) is 7.16. The maximum atomic E-state index is 14.3. The van der Waals surface area contributed by atoms with E-state index in [1.165, 1.54) is 102 Å². The third-order valence-electron chi connectivity index (χ3n) is 10.6. The number of H-pyrrole nitrogens is 1. The number of aliphatic hydroxyl groups is 2. The maximum Gasteiger partial charge on any atom is 1.00 e. The number of halogens is 9. The van der Waals surface area contributed by atoms with Gasteiger partial charge >= 0.3 is 41.9 Å². The molecule has 4 aromatic heterocycles. The Morgan fingerprint density at radius 1 is 0.657 bits per heavy atom. The molecule has 8 aromatic rings. The van der Waals surface area contributed by atoms with Crippen LogP contribution in [0.15, 0.2) is 131 Å². The number of fused-ring (bicyclic) bond motifs is 2. The SMILES string of the molecule is Cc1cc(C(O)(c2ccc3c(cnn3-c3ccc(F)cc3)c2)C(F)(F)F)c[nH]c1=O.Cc1cc(C(O)(c2ccc3c(cnn3-c3ccc(F)cc3)c2)C(F)(F)F)cn(CC(N)=O)c1=O.NC(=O)CI.[H-].[Na+]. The second-order valence-corrected chi connectivity index (χ2v) is 16.1. The van der Waals surface area contributed by atoms with E-state index in [9.17, 15) is 64.5 Å². The van der Waals surface area contributed by atoms with Crippen LogP contribution in [0.4, 0.5) is 35.1 Å². The monoisotopic (exact) mass is 1100 g/mol. The van der Waals surface area contributed by atoms with E-state index >= 15 is 0 Å². The summed E-state index contributed by atoms with van der Waals surface area (Å²) in [4.78, 5) is 46.9. The van der Waals surface area contributed by atoms with E-state index in [1.54, 1.807) is 0 Å². The first-order valence-corrected chi connectivity index (χ1v) is 21.4. The van der Waals surface area contributed by atoms with Gasteiger partial charge in [0.2, 0.25) is 23.0 Å². The number of amides is 2. The van der Waals surface area contributed by atoms with E-state index < -0.39 is 81.0 Å². The van der Waals surface area contributed by atoms with Crippen molar-refractivity contribution in [2.24, 2.45) is 11.5 Å². The molecule has 0 saturated heterocycles. The van der Waals surface area contributed by atoms with Crippen LogP contribution in [0.25, 0.3) is 33.2 Å². The average molecular weight is 1100 g/mol. The molecule has 0 aliphatic rings. The van der Waals surface area contributed by atoms with Gasteiger partial charge in [0.25, 0.3) is 11.1 Å². The first kappa shape index (κ1) is 54.7. The number of primary amides is 2. The standard InChI is InChI=1S/C23H18F4N4O3.C21H15F4N3O2.C2H4INO.Na.H/c1-13-8-16(11-30(21(13)33)12-20(28)32)22(34,23(25,26)27)15-2-7-19-14(9-15)10-29-31(19)18-5-3-17(24)4-6-18;1-12-8-15(11-26-19(12)29)20(30,21(23,24)25)14-2-7-18-13(9-14)10-27-28(18)17-5-3-16(22)4-6-17;3-1-2(4)5;;/h2-11,34H,12H2,1H3,(H2,28,32);2-11,30H,1H3,(H,26,29);1H2,(H2,4,5);;/q;;;+1;-1. The molecule has 7 N–H and O–H groups in total. The van der Waals surface area contributed by atoms with Crippen LogP contribution in [0.5, 0.6) is 0 Å². The van der Waals surface area contributed by atoms with Crippen molar-refractivity contribution in [2.75, 3.05) is 4.43 Å². The first-order chi connectivity index (χ1) is 32.3. The van der Waals surface area contributed by atoms with Gasteiger partial charge in [0.1, 0.15) is 18.2 Å². The maximum absolute atomic E-state index is 14.3. The van der Waals surface area contributed by atoms with Gasteiger partial charge in [-0.25, -0.2) is 18.1 Å². The Kier molecular flexibility index (Phi) is 16.7. The third-order valence-corrected chi connectivity index (χ3v) is 11.3. The third kappa shape index (κ3) is 11.2. The molecule has 0 bridgehead atoms. The number of aryl methyl sites for hydroxylation is 2. The van der Waals surface area contributed by atoms with Crippen LogP contribution < -0.4 is 52.1 Å². The minimum absolute atomic E-state index is 0. The molecule has 70 heavy (non-hydrogen) atoms. The van der Waals surface area contributed by atoms with Gasteiger partial charge in [0.05, 0.1) is 39.2 Å². The molecule has 24 heteroatoms.